The van der Waals surface area contributed by atoms with Crippen molar-refractivity contribution in [3.8, 4) is 0 Å². The van der Waals surface area contributed by atoms with Gasteiger partial charge in [-0.3, -0.25) is 19.3 Å². The quantitative estimate of drug-likeness (QED) is 0.591. The number of imide groups is 1. The lowest BCUT2D eigenvalue weighted by Crippen LogP contribution is -2.42. The van der Waals surface area contributed by atoms with Crippen LogP contribution in [0.3, 0.4) is 0 Å². The van der Waals surface area contributed by atoms with Crippen LogP contribution in [0.15, 0.2) is 18.2 Å². The first-order valence-electron chi connectivity index (χ1n) is 12.5. The van der Waals surface area contributed by atoms with Crippen molar-refractivity contribution in [1.29, 1.82) is 0 Å². The fourth-order valence-corrected chi connectivity index (χ4v) is 6.74. The smallest absolute Gasteiger partial charge is 0.261 e. The van der Waals surface area contributed by atoms with Crippen LogP contribution in [0.4, 0.5) is 0 Å². The molecule has 7 nitrogen and oxygen atoms in total. The van der Waals surface area contributed by atoms with Crippen molar-refractivity contribution in [2.45, 2.75) is 82.9 Å². The van der Waals surface area contributed by atoms with Crippen molar-refractivity contribution in [2.75, 3.05) is 18.8 Å². The van der Waals surface area contributed by atoms with Crippen molar-refractivity contribution in [1.82, 2.24) is 9.80 Å². The van der Waals surface area contributed by atoms with Crippen molar-refractivity contribution >= 4 is 27.6 Å². The van der Waals surface area contributed by atoms with Crippen LogP contribution in [0.1, 0.15) is 92.0 Å². The van der Waals surface area contributed by atoms with Crippen LogP contribution >= 0.6 is 0 Å². The van der Waals surface area contributed by atoms with E-state index >= 15 is 0 Å². The summed E-state index contributed by atoms with van der Waals surface area (Å²) >= 11 is 0. The normalized spacial score (nSPS) is 20.7. The molecule has 0 unspecified atom stereocenters. The number of nitrogens with zero attached hydrogens (tertiary/aromatic N) is 2. The number of carbonyl (C=O) groups excluding carboxylic acids is 3. The average molecular weight is 489 g/mol. The van der Waals surface area contributed by atoms with E-state index in [1.54, 1.807) is 43.9 Å². The molecular weight excluding hydrogens is 452 g/mol. The molecule has 0 radical (unpaired) electrons. The number of likely N-dealkylation sites (tertiary alicyclic amines) is 1. The van der Waals surface area contributed by atoms with Gasteiger partial charge in [-0.2, -0.15) is 0 Å². The molecule has 0 bridgehead atoms. The summed E-state index contributed by atoms with van der Waals surface area (Å²) < 4.78 is 24.3. The third kappa shape index (κ3) is 4.92. The minimum Gasteiger partial charge on any atom is -0.342 e. The monoisotopic (exact) mass is 488 g/mol. The summed E-state index contributed by atoms with van der Waals surface area (Å²) in [6.07, 6.45) is 6.48. The van der Waals surface area contributed by atoms with E-state index in [1.807, 2.05) is 0 Å². The van der Waals surface area contributed by atoms with Crippen LogP contribution in [0.25, 0.3) is 0 Å². The lowest BCUT2D eigenvalue weighted by Gasteiger charge is -2.33. The SMILES string of the molecule is CC(C)(C)S(=O)(=O)CC1CCN(C(=O)Cc2ccc3c(c2)C(=O)N(C2CCCCC2)C3=O)CC1. The number of piperidine rings is 1. The summed E-state index contributed by atoms with van der Waals surface area (Å²) in [7, 11) is -3.18. The largest absolute Gasteiger partial charge is 0.342 e. The Morgan fingerprint density at radius 3 is 2.18 bits per heavy atom. The van der Waals surface area contributed by atoms with Gasteiger partial charge in [-0.05, 0) is 70.1 Å². The van der Waals surface area contributed by atoms with Gasteiger partial charge in [0.1, 0.15) is 0 Å². The fraction of sp³-hybridized carbons (Fsp3) is 0.654. The van der Waals surface area contributed by atoms with Crippen LogP contribution in [-0.4, -0.2) is 65.6 Å². The molecule has 34 heavy (non-hydrogen) atoms. The predicted octanol–water partition coefficient (Wildman–Crippen LogP) is 3.61. The highest BCUT2D eigenvalue weighted by molar-refractivity contribution is 7.92. The Bertz CT molecular complexity index is 1070. The molecule has 0 aromatic heterocycles. The number of rotatable bonds is 5. The Labute approximate surface area is 202 Å². The summed E-state index contributed by atoms with van der Waals surface area (Å²) in [4.78, 5) is 42.0. The molecule has 2 aliphatic heterocycles. The lowest BCUT2D eigenvalue weighted by atomic mass is 9.94. The number of hydrogen-bond acceptors (Lipinski definition) is 5. The maximum absolute atomic E-state index is 13.0. The van der Waals surface area contributed by atoms with E-state index in [9.17, 15) is 22.8 Å². The van der Waals surface area contributed by atoms with Crippen molar-refractivity contribution in [3.05, 3.63) is 34.9 Å². The molecule has 2 heterocycles. The average Bonchev–Trinajstić information content (AvgIpc) is 3.03. The van der Waals surface area contributed by atoms with Gasteiger partial charge in [0, 0.05) is 19.1 Å². The van der Waals surface area contributed by atoms with Gasteiger partial charge in [0.2, 0.25) is 5.91 Å². The number of fused-ring (bicyclic) bond motifs is 1. The Kier molecular flexibility index (Phi) is 6.91. The number of carbonyl (C=O) groups is 3. The molecule has 4 rings (SSSR count). The summed E-state index contributed by atoms with van der Waals surface area (Å²) in [6, 6.07) is 5.15. The zero-order chi connectivity index (χ0) is 24.7. The molecule has 0 atom stereocenters. The molecular formula is C26H36N2O5S. The number of amides is 3. The second-order valence-electron chi connectivity index (χ2n) is 11.0. The van der Waals surface area contributed by atoms with Gasteiger partial charge in [0.05, 0.1) is 28.0 Å². The number of sulfone groups is 1. The second-order valence-corrected chi connectivity index (χ2v) is 13.8. The van der Waals surface area contributed by atoms with E-state index in [0.29, 0.717) is 37.1 Å². The van der Waals surface area contributed by atoms with Crippen LogP contribution in [0.2, 0.25) is 0 Å². The van der Waals surface area contributed by atoms with Gasteiger partial charge < -0.3 is 4.90 Å². The van der Waals surface area contributed by atoms with Gasteiger partial charge >= 0.3 is 0 Å². The van der Waals surface area contributed by atoms with E-state index in [2.05, 4.69) is 0 Å². The topological polar surface area (TPSA) is 91.8 Å². The third-order valence-corrected chi connectivity index (χ3v) is 10.4. The fourth-order valence-electron chi connectivity index (χ4n) is 5.28. The highest BCUT2D eigenvalue weighted by atomic mass is 32.2. The summed E-state index contributed by atoms with van der Waals surface area (Å²) in [5.41, 5.74) is 1.58. The second kappa shape index (κ2) is 9.44. The molecule has 0 N–H and O–H groups in total. The summed E-state index contributed by atoms with van der Waals surface area (Å²) in [5.74, 6) is -0.239. The summed E-state index contributed by atoms with van der Waals surface area (Å²) in [6.45, 7) is 6.26. The minimum atomic E-state index is -3.18. The molecule has 2 fully saturated rings. The van der Waals surface area contributed by atoms with Crippen LogP contribution < -0.4 is 0 Å². The highest BCUT2D eigenvalue weighted by Gasteiger charge is 2.40. The summed E-state index contributed by atoms with van der Waals surface area (Å²) in [5, 5.41) is 0. The molecule has 3 aliphatic rings. The van der Waals surface area contributed by atoms with Crippen LogP contribution in [-0.2, 0) is 21.1 Å². The highest BCUT2D eigenvalue weighted by Crippen LogP contribution is 2.32. The van der Waals surface area contributed by atoms with E-state index in [0.717, 1.165) is 37.7 Å². The van der Waals surface area contributed by atoms with Gasteiger partial charge in [0.15, 0.2) is 9.84 Å². The Morgan fingerprint density at radius 1 is 0.941 bits per heavy atom. The van der Waals surface area contributed by atoms with Crippen LogP contribution in [0.5, 0.6) is 0 Å². The van der Waals surface area contributed by atoms with Gasteiger partial charge in [-0.1, -0.05) is 25.3 Å². The van der Waals surface area contributed by atoms with E-state index < -0.39 is 14.6 Å². The Morgan fingerprint density at radius 2 is 1.56 bits per heavy atom. The first kappa shape index (κ1) is 24.9. The molecule has 1 saturated carbocycles. The van der Waals surface area contributed by atoms with Gasteiger partial charge in [-0.15, -0.1) is 0 Å². The molecule has 1 aromatic carbocycles. The maximum Gasteiger partial charge on any atom is 0.261 e. The Balaban J connectivity index is 1.36. The van der Waals surface area contributed by atoms with Gasteiger partial charge in [-0.25, -0.2) is 8.42 Å². The van der Waals surface area contributed by atoms with Crippen molar-refractivity contribution < 1.29 is 22.8 Å². The Hall–Kier alpha value is -2.22. The first-order valence-corrected chi connectivity index (χ1v) is 14.1. The molecule has 3 amide bonds. The zero-order valence-corrected chi connectivity index (χ0v) is 21.3. The minimum absolute atomic E-state index is 0.0189. The van der Waals surface area contributed by atoms with E-state index in [1.165, 1.54) is 4.90 Å². The standard InChI is InChI=1S/C26H36N2O5S/c1-26(2,3)34(32,33)17-18-11-13-27(14-12-18)23(29)16-19-9-10-21-22(15-19)25(31)28(24(21)30)20-7-5-4-6-8-20/h9-10,15,18,20H,4-8,11-14,16-17H2,1-3H3. The van der Waals surface area contributed by atoms with Gasteiger partial charge in [0.25, 0.3) is 11.8 Å². The lowest BCUT2D eigenvalue weighted by molar-refractivity contribution is -0.131. The van der Waals surface area contributed by atoms with Crippen molar-refractivity contribution in [3.63, 3.8) is 0 Å². The third-order valence-electron chi connectivity index (χ3n) is 7.63. The number of benzene rings is 1. The molecule has 8 heteroatoms. The van der Waals surface area contributed by atoms with Crippen LogP contribution in [0, 0.1) is 5.92 Å². The van der Waals surface area contributed by atoms with E-state index in [-0.39, 0.29) is 41.9 Å². The predicted molar refractivity (Wildman–Crippen MR) is 130 cm³/mol. The molecule has 1 saturated heterocycles. The maximum atomic E-state index is 13.0. The number of hydrogen-bond donors (Lipinski definition) is 0. The first-order chi connectivity index (χ1) is 16.0. The molecule has 0 spiro atoms. The van der Waals surface area contributed by atoms with E-state index in [4.69, 9.17) is 0 Å². The zero-order valence-electron chi connectivity index (χ0n) is 20.5. The van der Waals surface area contributed by atoms with Crippen molar-refractivity contribution in [2.24, 2.45) is 5.92 Å². The molecule has 1 aliphatic carbocycles. The molecule has 1 aromatic rings. The molecule has 186 valence electrons.